The summed E-state index contributed by atoms with van der Waals surface area (Å²) in [6.45, 7) is 0. The van der Waals surface area contributed by atoms with Gasteiger partial charge in [-0.2, -0.15) is 0 Å². The van der Waals surface area contributed by atoms with E-state index in [0.29, 0.717) is 0 Å². The number of hydrogen-bond acceptors (Lipinski definition) is 0. The molecule has 1 aromatic carbocycles. The van der Waals surface area contributed by atoms with Gasteiger partial charge in [0.2, 0.25) is 0 Å². The number of hydrogen-bond donors (Lipinski definition) is 0. The van der Waals surface area contributed by atoms with Gasteiger partial charge >= 0.3 is 0 Å². The summed E-state index contributed by atoms with van der Waals surface area (Å²) in [6, 6.07) is 2.87. The molecule has 1 aromatic rings. The van der Waals surface area contributed by atoms with Crippen LogP contribution in [0.3, 0.4) is 0 Å². The molecule has 0 spiro atoms. The lowest BCUT2D eigenvalue weighted by molar-refractivity contribution is 0.151. The van der Waals surface area contributed by atoms with Gasteiger partial charge in [0.25, 0.3) is 6.43 Å². The molecule has 0 unspecified atom stereocenters. The summed E-state index contributed by atoms with van der Waals surface area (Å²) in [6.07, 6.45) is -2.72. The summed E-state index contributed by atoms with van der Waals surface area (Å²) in [7, 11) is 0. The SMILES string of the molecule is Fc1ccc(Cl)c(C(F)F)c1. The Bertz CT molecular complexity index is 260. The fourth-order valence-corrected chi connectivity index (χ4v) is 0.882. The van der Waals surface area contributed by atoms with Crippen LogP contribution in [0, 0.1) is 5.82 Å². The summed E-state index contributed by atoms with van der Waals surface area (Å²) >= 11 is 5.34. The average Bonchev–Trinajstić information content (AvgIpc) is 1.94. The zero-order valence-electron chi connectivity index (χ0n) is 5.32. The van der Waals surface area contributed by atoms with Crippen LogP contribution in [0.4, 0.5) is 13.2 Å². The number of alkyl halides is 2. The quantitative estimate of drug-likeness (QED) is 0.621. The predicted octanol–water partition coefficient (Wildman–Crippen LogP) is 3.42. The molecule has 0 atom stereocenters. The Morgan fingerprint density at radius 1 is 1.27 bits per heavy atom. The molecule has 0 aliphatic rings. The van der Waals surface area contributed by atoms with E-state index in [2.05, 4.69) is 0 Å². The topological polar surface area (TPSA) is 0 Å². The van der Waals surface area contributed by atoms with E-state index in [1.54, 1.807) is 0 Å². The van der Waals surface area contributed by atoms with Crippen LogP contribution < -0.4 is 0 Å². The van der Waals surface area contributed by atoms with E-state index in [1.807, 2.05) is 0 Å². The van der Waals surface area contributed by atoms with Gasteiger partial charge in [0, 0.05) is 10.6 Å². The molecule has 1 rings (SSSR count). The molecule has 0 saturated heterocycles. The summed E-state index contributed by atoms with van der Waals surface area (Å²) in [5.41, 5.74) is -0.466. The van der Waals surface area contributed by atoms with Crippen LogP contribution in [0.2, 0.25) is 5.02 Å². The largest absolute Gasteiger partial charge is 0.265 e. The minimum absolute atomic E-state index is 0.110. The van der Waals surface area contributed by atoms with Crippen molar-refractivity contribution in [3.05, 3.63) is 34.6 Å². The normalized spacial score (nSPS) is 10.6. The number of halogens is 4. The van der Waals surface area contributed by atoms with Crippen molar-refractivity contribution in [1.29, 1.82) is 0 Å². The molecule has 0 aromatic heterocycles. The van der Waals surface area contributed by atoms with E-state index >= 15 is 0 Å². The first-order valence-corrected chi connectivity index (χ1v) is 3.22. The molecule has 0 bridgehead atoms. The van der Waals surface area contributed by atoms with Crippen molar-refractivity contribution in [2.24, 2.45) is 0 Å². The van der Waals surface area contributed by atoms with Crippen LogP contribution in [0.25, 0.3) is 0 Å². The van der Waals surface area contributed by atoms with Crippen LogP contribution >= 0.6 is 11.6 Å². The van der Waals surface area contributed by atoms with Gasteiger partial charge in [-0.3, -0.25) is 0 Å². The highest BCUT2D eigenvalue weighted by atomic mass is 35.5. The van der Waals surface area contributed by atoms with E-state index in [9.17, 15) is 13.2 Å². The Morgan fingerprint density at radius 3 is 2.36 bits per heavy atom. The van der Waals surface area contributed by atoms with Crippen molar-refractivity contribution in [1.82, 2.24) is 0 Å². The van der Waals surface area contributed by atoms with Crippen LogP contribution in [-0.4, -0.2) is 0 Å². The van der Waals surface area contributed by atoms with Crippen molar-refractivity contribution in [3.63, 3.8) is 0 Å². The summed E-state index contributed by atoms with van der Waals surface area (Å²) in [4.78, 5) is 0. The summed E-state index contributed by atoms with van der Waals surface area (Å²) < 4.78 is 36.2. The lowest BCUT2D eigenvalue weighted by atomic mass is 10.2. The summed E-state index contributed by atoms with van der Waals surface area (Å²) in [5, 5.41) is -0.110. The first-order valence-electron chi connectivity index (χ1n) is 2.84. The third-order valence-corrected chi connectivity index (χ3v) is 1.54. The Balaban J connectivity index is 3.13. The molecule has 0 fully saturated rings. The second-order valence-electron chi connectivity index (χ2n) is 1.97. The monoisotopic (exact) mass is 180 g/mol. The Hall–Kier alpha value is -0.700. The van der Waals surface area contributed by atoms with Crippen molar-refractivity contribution < 1.29 is 13.2 Å². The van der Waals surface area contributed by atoms with E-state index in [0.717, 1.165) is 18.2 Å². The molecule has 4 heteroatoms. The van der Waals surface area contributed by atoms with Gasteiger partial charge in [-0.05, 0) is 18.2 Å². The minimum atomic E-state index is -2.72. The van der Waals surface area contributed by atoms with E-state index in [1.165, 1.54) is 0 Å². The molecule has 0 aliphatic carbocycles. The van der Waals surface area contributed by atoms with Crippen molar-refractivity contribution in [3.8, 4) is 0 Å². The van der Waals surface area contributed by atoms with Crippen LogP contribution in [-0.2, 0) is 0 Å². The van der Waals surface area contributed by atoms with E-state index in [-0.39, 0.29) is 5.02 Å². The van der Waals surface area contributed by atoms with Crippen molar-refractivity contribution in [2.45, 2.75) is 6.43 Å². The lowest BCUT2D eigenvalue weighted by Crippen LogP contribution is -1.86. The fourth-order valence-electron chi connectivity index (χ4n) is 0.682. The first kappa shape index (κ1) is 8.40. The van der Waals surface area contributed by atoms with Crippen LogP contribution in [0.1, 0.15) is 12.0 Å². The third kappa shape index (κ3) is 1.87. The van der Waals surface area contributed by atoms with Crippen LogP contribution in [0.15, 0.2) is 18.2 Å². The first-order chi connectivity index (χ1) is 5.11. The van der Waals surface area contributed by atoms with Gasteiger partial charge in [-0.25, -0.2) is 13.2 Å². The molecule has 11 heavy (non-hydrogen) atoms. The van der Waals surface area contributed by atoms with Crippen LogP contribution in [0.5, 0.6) is 0 Å². The molecule has 0 aliphatic heterocycles. The zero-order chi connectivity index (χ0) is 8.43. The van der Waals surface area contributed by atoms with Gasteiger partial charge in [0.1, 0.15) is 5.82 Å². The van der Waals surface area contributed by atoms with Gasteiger partial charge in [-0.1, -0.05) is 11.6 Å². The van der Waals surface area contributed by atoms with Gasteiger partial charge in [0.05, 0.1) is 0 Å². The Kier molecular flexibility index (Phi) is 2.39. The van der Waals surface area contributed by atoms with Crippen molar-refractivity contribution in [2.75, 3.05) is 0 Å². The van der Waals surface area contributed by atoms with Crippen molar-refractivity contribution >= 4 is 11.6 Å². The third-order valence-electron chi connectivity index (χ3n) is 1.19. The minimum Gasteiger partial charge on any atom is -0.207 e. The smallest absolute Gasteiger partial charge is 0.207 e. The van der Waals surface area contributed by atoms with Gasteiger partial charge in [0.15, 0.2) is 0 Å². The lowest BCUT2D eigenvalue weighted by Gasteiger charge is -2.01. The summed E-state index contributed by atoms with van der Waals surface area (Å²) in [5.74, 6) is -0.704. The highest BCUT2D eigenvalue weighted by Gasteiger charge is 2.11. The molecule has 0 nitrogen and oxygen atoms in total. The van der Waals surface area contributed by atoms with Gasteiger partial charge in [-0.15, -0.1) is 0 Å². The highest BCUT2D eigenvalue weighted by molar-refractivity contribution is 6.31. The molecule has 0 saturated carbocycles. The Labute approximate surface area is 66.6 Å². The maximum Gasteiger partial charge on any atom is 0.265 e. The van der Waals surface area contributed by atoms with E-state index in [4.69, 9.17) is 11.6 Å². The molecule has 0 N–H and O–H groups in total. The average molecular weight is 181 g/mol. The molecular formula is C7H4ClF3. The standard InChI is InChI=1S/C7H4ClF3/c8-6-2-1-4(9)3-5(6)7(10)11/h1-3,7H. The zero-order valence-corrected chi connectivity index (χ0v) is 6.08. The molecule has 0 heterocycles. The maximum absolute atomic E-state index is 12.3. The van der Waals surface area contributed by atoms with Gasteiger partial charge < -0.3 is 0 Å². The number of rotatable bonds is 1. The Morgan fingerprint density at radius 2 is 1.91 bits per heavy atom. The fraction of sp³-hybridized carbons (Fsp3) is 0.143. The molecule has 0 amide bonds. The highest BCUT2D eigenvalue weighted by Crippen LogP contribution is 2.26. The second-order valence-corrected chi connectivity index (χ2v) is 2.37. The molecular weight excluding hydrogens is 177 g/mol. The number of benzene rings is 1. The molecule has 0 radical (unpaired) electrons. The molecule has 60 valence electrons. The maximum atomic E-state index is 12.3. The van der Waals surface area contributed by atoms with E-state index < -0.39 is 17.8 Å². The second kappa shape index (κ2) is 3.13. The predicted molar refractivity (Wildman–Crippen MR) is 36.4 cm³/mol.